The lowest BCUT2D eigenvalue weighted by molar-refractivity contribution is -0.119. The predicted octanol–water partition coefficient (Wildman–Crippen LogP) is 4.74. The minimum absolute atomic E-state index is 0.344. The van der Waals surface area contributed by atoms with Crippen molar-refractivity contribution < 1.29 is 9.59 Å². The van der Waals surface area contributed by atoms with Gasteiger partial charge >= 0.3 is 0 Å². The monoisotopic (exact) mass is 351 g/mol. The van der Waals surface area contributed by atoms with Crippen LogP contribution in [0.2, 0.25) is 15.1 Å². The van der Waals surface area contributed by atoms with Crippen molar-refractivity contribution >= 4 is 52.3 Å². The van der Waals surface area contributed by atoms with Crippen molar-refractivity contribution in [3.63, 3.8) is 0 Å². The van der Waals surface area contributed by atoms with Crippen molar-refractivity contribution in [1.29, 1.82) is 0 Å². The number of carbonyl (C=O) groups excluding carboxylic acids is 2. The van der Waals surface area contributed by atoms with E-state index in [0.717, 1.165) is 4.90 Å². The summed E-state index contributed by atoms with van der Waals surface area (Å²) < 4.78 is 0. The number of nitrogens with zero attached hydrogens (tertiary/aromatic N) is 1. The summed E-state index contributed by atoms with van der Waals surface area (Å²) in [6.45, 7) is 0. The molecule has 0 aliphatic carbocycles. The lowest BCUT2D eigenvalue weighted by Crippen LogP contribution is -2.30. The van der Waals surface area contributed by atoms with Gasteiger partial charge in [-0.25, -0.2) is 4.90 Å². The van der Waals surface area contributed by atoms with E-state index >= 15 is 0 Å². The quantitative estimate of drug-likeness (QED) is 0.732. The highest BCUT2D eigenvalue weighted by Crippen LogP contribution is 2.42. The highest BCUT2D eigenvalue weighted by atomic mass is 35.5. The van der Waals surface area contributed by atoms with Crippen LogP contribution >= 0.6 is 34.8 Å². The Balaban J connectivity index is 2.22. The molecule has 3 rings (SSSR count). The average molecular weight is 353 g/mol. The molecule has 0 fully saturated rings. The molecule has 2 aromatic carbocycles. The maximum atomic E-state index is 11.9. The molecule has 2 aromatic rings. The van der Waals surface area contributed by atoms with Gasteiger partial charge in [0.05, 0.1) is 15.7 Å². The molecular formula is C16H8Cl3NO2. The minimum atomic E-state index is -0.404. The number of para-hydroxylation sites is 1. The number of rotatable bonds is 2. The van der Waals surface area contributed by atoms with Gasteiger partial charge in [-0.05, 0) is 18.2 Å². The molecule has 0 unspecified atom stereocenters. The molecule has 0 N–H and O–H groups in total. The van der Waals surface area contributed by atoms with E-state index in [-0.39, 0.29) is 0 Å². The second-order valence-corrected chi connectivity index (χ2v) is 5.86. The Kier molecular flexibility index (Phi) is 3.96. The smallest absolute Gasteiger partial charge is 0.258 e. The van der Waals surface area contributed by atoms with Crippen molar-refractivity contribution in [1.82, 2.24) is 0 Å². The first-order valence-corrected chi connectivity index (χ1v) is 7.42. The van der Waals surface area contributed by atoms with E-state index in [9.17, 15) is 9.59 Å². The van der Waals surface area contributed by atoms with Gasteiger partial charge in [-0.2, -0.15) is 0 Å². The van der Waals surface area contributed by atoms with Crippen molar-refractivity contribution in [2.75, 3.05) is 4.90 Å². The number of halogens is 3. The van der Waals surface area contributed by atoms with Crippen LogP contribution in [0.15, 0.2) is 48.6 Å². The second-order valence-electron chi connectivity index (χ2n) is 4.61. The molecule has 110 valence electrons. The zero-order valence-electron chi connectivity index (χ0n) is 11.0. The van der Waals surface area contributed by atoms with E-state index in [2.05, 4.69) is 0 Å². The standard InChI is InChI=1S/C16H8Cl3NO2/c17-9-7-11(18)16(12(19)8-9)10-3-1-2-4-13(10)20-14(21)5-6-15(20)22/h1-8H. The SMILES string of the molecule is O=C1C=CC(=O)N1c1ccccc1-c1c(Cl)cc(Cl)cc1Cl. The molecule has 2 amide bonds. The maximum absolute atomic E-state index is 11.9. The third-order valence-electron chi connectivity index (χ3n) is 3.23. The van der Waals surface area contributed by atoms with Crippen LogP contribution in [0.3, 0.4) is 0 Å². The molecular weight excluding hydrogens is 345 g/mol. The number of hydrogen-bond donors (Lipinski definition) is 0. The summed E-state index contributed by atoms with van der Waals surface area (Å²) in [6.07, 6.45) is 2.45. The Hall–Kier alpha value is -1.81. The summed E-state index contributed by atoms with van der Waals surface area (Å²) in [4.78, 5) is 24.9. The summed E-state index contributed by atoms with van der Waals surface area (Å²) in [5, 5.41) is 1.10. The Morgan fingerprint density at radius 1 is 0.818 bits per heavy atom. The van der Waals surface area contributed by atoms with E-state index in [0.29, 0.717) is 31.9 Å². The summed E-state index contributed by atoms with van der Waals surface area (Å²) in [5.41, 5.74) is 1.53. The molecule has 3 nitrogen and oxygen atoms in total. The Morgan fingerprint density at radius 2 is 1.36 bits per heavy atom. The van der Waals surface area contributed by atoms with Gasteiger partial charge in [0.2, 0.25) is 0 Å². The van der Waals surface area contributed by atoms with Gasteiger partial charge in [-0.15, -0.1) is 0 Å². The number of benzene rings is 2. The third-order valence-corrected chi connectivity index (χ3v) is 4.04. The van der Waals surface area contributed by atoms with Gasteiger partial charge in [0.15, 0.2) is 0 Å². The van der Waals surface area contributed by atoms with Crippen LogP contribution in [0, 0.1) is 0 Å². The normalized spacial score (nSPS) is 14.0. The molecule has 22 heavy (non-hydrogen) atoms. The first-order valence-electron chi connectivity index (χ1n) is 6.29. The highest BCUT2D eigenvalue weighted by molar-refractivity contribution is 6.42. The Bertz CT molecular complexity index is 789. The summed E-state index contributed by atoms with van der Waals surface area (Å²) >= 11 is 18.4. The molecule has 1 aliphatic rings. The van der Waals surface area contributed by atoms with Crippen LogP contribution in [0.25, 0.3) is 11.1 Å². The first-order chi connectivity index (χ1) is 10.5. The zero-order valence-corrected chi connectivity index (χ0v) is 13.3. The molecule has 0 saturated carbocycles. The average Bonchev–Trinajstić information content (AvgIpc) is 2.78. The van der Waals surface area contributed by atoms with E-state index in [4.69, 9.17) is 34.8 Å². The molecule has 0 bridgehead atoms. The van der Waals surface area contributed by atoms with Crippen molar-refractivity contribution in [3.8, 4) is 11.1 Å². The fourth-order valence-corrected chi connectivity index (χ4v) is 3.34. The summed E-state index contributed by atoms with van der Waals surface area (Å²) in [7, 11) is 0. The second kappa shape index (κ2) is 5.76. The van der Waals surface area contributed by atoms with Crippen molar-refractivity contribution in [2.45, 2.75) is 0 Å². The number of imide groups is 1. The molecule has 0 radical (unpaired) electrons. The van der Waals surface area contributed by atoms with Crippen molar-refractivity contribution in [3.05, 3.63) is 63.6 Å². The summed E-state index contributed by atoms with van der Waals surface area (Å²) in [6, 6.07) is 10.0. The third kappa shape index (κ3) is 2.52. The highest BCUT2D eigenvalue weighted by Gasteiger charge is 2.28. The van der Waals surface area contributed by atoms with E-state index in [1.54, 1.807) is 36.4 Å². The van der Waals surface area contributed by atoms with Gasteiger partial charge in [0.25, 0.3) is 11.8 Å². The van der Waals surface area contributed by atoms with E-state index in [1.807, 2.05) is 0 Å². The number of amides is 2. The van der Waals surface area contributed by atoms with Crippen LogP contribution in [-0.2, 0) is 9.59 Å². The summed E-state index contributed by atoms with van der Waals surface area (Å²) in [5.74, 6) is -0.808. The molecule has 6 heteroatoms. The van der Waals surface area contributed by atoms with Crippen molar-refractivity contribution in [2.24, 2.45) is 0 Å². The van der Waals surface area contributed by atoms with Crippen LogP contribution in [0.1, 0.15) is 0 Å². The van der Waals surface area contributed by atoms with Gasteiger partial charge in [0, 0.05) is 28.3 Å². The minimum Gasteiger partial charge on any atom is -0.269 e. The van der Waals surface area contributed by atoms with Gasteiger partial charge in [0.1, 0.15) is 0 Å². The largest absolute Gasteiger partial charge is 0.269 e. The fourth-order valence-electron chi connectivity index (χ4n) is 2.32. The molecule has 0 atom stereocenters. The van der Waals surface area contributed by atoms with Gasteiger partial charge in [-0.3, -0.25) is 9.59 Å². The van der Waals surface area contributed by atoms with Crippen LogP contribution < -0.4 is 4.90 Å². The number of carbonyl (C=O) groups is 2. The topological polar surface area (TPSA) is 37.4 Å². The Labute approximate surface area is 141 Å². The lowest BCUT2D eigenvalue weighted by Gasteiger charge is -2.19. The number of anilines is 1. The predicted molar refractivity (Wildman–Crippen MR) is 88.5 cm³/mol. The fraction of sp³-hybridized carbons (Fsp3) is 0. The van der Waals surface area contributed by atoms with Crippen LogP contribution in [0.4, 0.5) is 5.69 Å². The maximum Gasteiger partial charge on any atom is 0.258 e. The van der Waals surface area contributed by atoms with Gasteiger partial charge in [-0.1, -0.05) is 53.0 Å². The van der Waals surface area contributed by atoms with Gasteiger partial charge < -0.3 is 0 Å². The van der Waals surface area contributed by atoms with E-state index in [1.165, 1.54) is 12.2 Å². The van der Waals surface area contributed by atoms with Crippen LogP contribution in [0.5, 0.6) is 0 Å². The Morgan fingerprint density at radius 3 is 1.95 bits per heavy atom. The molecule has 1 heterocycles. The lowest BCUT2D eigenvalue weighted by atomic mass is 10.0. The van der Waals surface area contributed by atoms with E-state index < -0.39 is 11.8 Å². The molecule has 0 spiro atoms. The van der Waals surface area contributed by atoms with Crippen LogP contribution in [-0.4, -0.2) is 11.8 Å². The first kappa shape index (κ1) is 15.1. The zero-order chi connectivity index (χ0) is 15.9. The molecule has 0 saturated heterocycles. The number of hydrogen-bond acceptors (Lipinski definition) is 2. The molecule has 1 aliphatic heterocycles. The molecule has 0 aromatic heterocycles.